The quantitative estimate of drug-likeness (QED) is 0.861. The molecule has 1 fully saturated rings. The van der Waals surface area contributed by atoms with Crippen LogP contribution in [-0.4, -0.2) is 47.1 Å². The van der Waals surface area contributed by atoms with Gasteiger partial charge in [0.2, 0.25) is 5.91 Å². The van der Waals surface area contributed by atoms with Crippen LogP contribution in [0.15, 0.2) is 30.4 Å². The average molecular weight is 353 g/mol. The van der Waals surface area contributed by atoms with Gasteiger partial charge in [-0.05, 0) is 50.3 Å². The summed E-state index contributed by atoms with van der Waals surface area (Å²) < 4.78 is 5.73. The average Bonchev–Trinajstić information content (AvgIpc) is 2.87. The minimum Gasteiger partial charge on any atom is -0.377 e. The maximum Gasteiger partial charge on any atom is 0.222 e. The fourth-order valence-electron chi connectivity index (χ4n) is 4.13. The van der Waals surface area contributed by atoms with Crippen LogP contribution in [0.3, 0.4) is 0 Å². The summed E-state index contributed by atoms with van der Waals surface area (Å²) in [5.74, 6) is 1.19. The topological polar surface area (TPSA) is 58.2 Å². The molecule has 2 aliphatic rings. The number of hydrogen-bond acceptors (Lipinski definition) is 3. The van der Waals surface area contributed by atoms with Crippen LogP contribution >= 0.6 is 0 Å². The Morgan fingerprint density at radius 2 is 2.15 bits per heavy atom. The van der Waals surface area contributed by atoms with Crippen LogP contribution in [0.25, 0.3) is 11.0 Å². The number of nitrogens with one attached hydrogen (secondary N) is 1. The lowest BCUT2D eigenvalue weighted by Crippen LogP contribution is -2.44. The van der Waals surface area contributed by atoms with Gasteiger partial charge in [-0.15, -0.1) is 0 Å². The number of carbonyl (C=O) groups is 1. The van der Waals surface area contributed by atoms with Crippen molar-refractivity contribution in [3.8, 4) is 0 Å². The third kappa shape index (κ3) is 3.68. The second kappa shape index (κ2) is 7.23. The number of piperidine rings is 1. The molecule has 1 saturated heterocycles. The van der Waals surface area contributed by atoms with Crippen molar-refractivity contribution in [2.75, 3.05) is 26.3 Å². The van der Waals surface area contributed by atoms with Crippen LogP contribution in [0.5, 0.6) is 0 Å². The van der Waals surface area contributed by atoms with Crippen LogP contribution in [-0.2, 0) is 16.0 Å². The van der Waals surface area contributed by atoms with Crippen LogP contribution in [0.2, 0.25) is 0 Å². The molecule has 0 atom stereocenters. The number of ether oxygens (including phenoxy) is 1. The van der Waals surface area contributed by atoms with Crippen molar-refractivity contribution in [1.29, 1.82) is 0 Å². The number of aryl methyl sites for hydroxylation is 2. The number of aromatic nitrogens is 2. The van der Waals surface area contributed by atoms with E-state index in [1.807, 2.05) is 17.9 Å². The molecule has 0 aliphatic carbocycles. The molecule has 5 nitrogen and oxygen atoms in total. The highest BCUT2D eigenvalue weighted by atomic mass is 16.5. The van der Waals surface area contributed by atoms with Crippen LogP contribution < -0.4 is 0 Å². The zero-order valence-electron chi connectivity index (χ0n) is 15.5. The second-order valence-corrected chi connectivity index (χ2v) is 7.75. The van der Waals surface area contributed by atoms with Crippen molar-refractivity contribution in [1.82, 2.24) is 14.9 Å². The zero-order valence-corrected chi connectivity index (χ0v) is 15.5. The molecule has 1 aromatic carbocycles. The first-order chi connectivity index (χ1) is 12.6. The number of allylic oxidation sites excluding steroid dienone is 1. The fraction of sp³-hybridized carbons (Fsp3) is 0.524. The molecule has 26 heavy (non-hydrogen) atoms. The monoisotopic (exact) mass is 353 g/mol. The van der Waals surface area contributed by atoms with Gasteiger partial charge in [0.1, 0.15) is 5.82 Å². The highest BCUT2D eigenvalue weighted by molar-refractivity contribution is 5.78. The number of hydrogen-bond donors (Lipinski definition) is 1. The minimum atomic E-state index is 0.243. The number of imidazole rings is 1. The molecule has 5 heteroatoms. The molecule has 0 bridgehead atoms. The molecule has 3 heterocycles. The van der Waals surface area contributed by atoms with E-state index >= 15 is 0 Å². The largest absolute Gasteiger partial charge is 0.377 e. The first-order valence-electron chi connectivity index (χ1n) is 9.59. The van der Waals surface area contributed by atoms with Crippen molar-refractivity contribution < 1.29 is 9.53 Å². The molecular weight excluding hydrogens is 326 g/mol. The standard InChI is InChI=1S/C21H27N3O2/c1-16-22-18-6-4-17(14-19(18)23-16)5-7-20(25)24-11-9-21(10-12-24)8-2-3-13-26-15-21/h2-4,6,14H,5,7-13,15H2,1H3,(H,22,23). The Labute approximate surface area is 154 Å². The predicted molar refractivity (Wildman–Crippen MR) is 102 cm³/mol. The van der Waals surface area contributed by atoms with E-state index in [4.69, 9.17) is 4.74 Å². The number of nitrogens with zero attached hydrogens (tertiary/aromatic N) is 2. The summed E-state index contributed by atoms with van der Waals surface area (Å²) in [5, 5.41) is 0. The number of H-pyrrole nitrogens is 1. The number of aromatic amines is 1. The Morgan fingerprint density at radius 1 is 1.31 bits per heavy atom. The van der Waals surface area contributed by atoms with Gasteiger partial charge in [0.25, 0.3) is 0 Å². The lowest BCUT2D eigenvalue weighted by Gasteiger charge is -2.40. The Kier molecular flexibility index (Phi) is 4.81. The minimum absolute atomic E-state index is 0.243. The molecule has 1 spiro atoms. The maximum absolute atomic E-state index is 12.6. The molecular formula is C21H27N3O2. The Balaban J connectivity index is 1.31. The van der Waals surface area contributed by atoms with Crippen LogP contribution in [0.1, 0.15) is 37.1 Å². The summed E-state index contributed by atoms with van der Waals surface area (Å²) >= 11 is 0. The van der Waals surface area contributed by atoms with Gasteiger partial charge < -0.3 is 14.6 Å². The van der Waals surface area contributed by atoms with E-state index in [1.165, 1.54) is 5.56 Å². The highest BCUT2D eigenvalue weighted by Crippen LogP contribution is 2.37. The van der Waals surface area contributed by atoms with Crippen molar-refractivity contribution in [3.63, 3.8) is 0 Å². The van der Waals surface area contributed by atoms with Gasteiger partial charge in [-0.2, -0.15) is 0 Å². The highest BCUT2D eigenvalue weighted by Gasteiger charge is 2.35. The van der Waals surface area contributed by atoms with E-state index in [0.717, 1.165) is 68.8 Å². The Hall–Kier alpha value is -2.14. The molecule has 1 amide bonds. The number of likely N-dealkylation sites (tertiary alicyclic amines) is 1. The molecule has 2 aliphatic heterocycles. The number of carbonyl (C=O) groups excluding carboxylic acids is 1. The van der Waals surface area contributed by atoms with Crippen molar-refractivity contribution in [2.45, 2.75) is 39.0 Å². The first kappa shape index (κ1) is 17.3. The van der Waals surface area contributed by atoms with Crippen LogP contribution in [0.4, 0.5) is 0 Å². The molecule has 1 aromatic heterocycles. The van der Waals surface area contributed by atoms with E-state index in [9.17, 15) is 4.79 Å². The van der Waals surface area contributed by atoms with Gasteiger partial charge in [0.15, 0.2) is 0 Å². The number of rotatable bonds is 3. The third-order valence-electron chi connectivity index (χ3n) is 5.81. The Morgan fingerprint density at radius 3 is 3.00 bits per heavy atom. The summed E-state index contributed by atoms with van der Waals surface area (Å²) in [6.07, 6.45) is 8.88. The van der Waals surface area contributed by atoms with Crippen molar-refractivity contribution >= 4 is 16.9 Å². The fourth-order valence-corrected chi connectivity index (χ4v) is 4.13. The normalized spacial score (nSPS) is 19.8. The molecule has 0 radical (unpaired) electrons. The summed E-state index contributed by atoms with van der Waals surface area (Å²) in [7, 11) is 0. The summed E-state index contributed by atoms with van der Waals surface area (Å²) in [5.41, 5.74) is 3.46. The van der Waals surface area contributed by atoms with Gasteiger partial charge in [0, 0.05) is 24.9 Å². The summed E-state index contributed by atoms with van der Waals surface area (Å²) in [6, 6.07) is 6.22. The molecule has 0 saturated carbocycles. The molecule has 2 aromatic rings. The number of fused-ring (bicyclic) bond motifs is 1. The number of amides is 1. The number of benzene rings is 1. The maximum atomic E-state index is 12.6. The zero-order chi connectivity index (χ0) is 18.0. The van der Waals surface area contributed by atoms with E-state index in [2.05, 4.69) is 34.3 Å². The van der Waals surface area contributed by atoms with Crippen LogP contribution in [0, 0.1) is 12.3 Å². The second-order valence-electron chi connectivity index (χ2n) is 7.75. The van der Waals surface area contributed by atoms with E-state index in [-0.39, 0.29) is 11.3 Å². The molecule has 1 N–H and O–H groups in total. The third-order valence-corrected chi connectivity index (χ3v) is 5.81. The van der Waals surface area contributed by atoms with Gasteiger partial charge in [0.05, 0.1) is 24.2 Å². The lowest BCUT2D eigenvalue weighted by atomic mass is 9.76. The molecule has 0 unspecified atom stereocenters. The summed E-state index contributed by atoms with van der Waals surface area (Å²) in [6.45, 7) is 5.22. The molecule has 138 valence electrons. The van der Waals surface area contributed by atoms with Gasteiger partial charge in [-0.1, -0.05) is 18.2 Å². The van der Waals surface area contributed by atoms with Crippen molar-refractivity contribution in [3.05, 3.63) is 41.7 Å². The van der Waals surface area contributed by atoms with Crippen molar-refractivity contribution in [2.24, 2.45) is 5.41 Å². The summed E-state index contributed by atoms with van der Waals surface area (Å²) in [4.78, 5) is 22.4. The van der Waals surface area contributed by atoms with E-state index < -0.39 is 0 Å². The van der Waals surface area contributed by atoms with Gasteiger partial charge in [-0.25, -0.2) is 4.98 Å². The van der Waals surface area contributed by atoms with E-state index in [1.54, 1.807) is 0 Å². The smallest absolute Gasteiger partial charge is 0.222 e. The lowest BCUT2D eigenvalue weighted by molar-refractivity contribution is -0.134. The van der Waals surface area contributed by atoms with E-state index in [0.29, 0.717) is 6.42 Å². The SMILES string of the molecule is Cc1nc2ccc(CCC(=O)N3CCC4(CC=CCOC4)CC3)cc2[nH]1. The van der Waals surface area contributed by atoms with Gasteiger partial charge in [-0.3, -0.25) is 4.79 Å². The predicted octanol–water partition coefficient (Wildman–Crippen LogP) is 3.39. The van der Waals surface area contributed by atoms with Gasteiger partial charge >= 0.3 is 0 Å². The Bertz CT molecular complexity index is 816. The molecule has 4 rings (SSSR count). The first-order valence-corrected chi connectivity index (χ1v) is 9.59.